The first-order valence-electron chi connectivity index (χ1n) is 8.32. The molecule has 1 aliphatic heterocycles. The van der Waals surface area contributed by atoms with Gasteiger partial charge in [-0.25, -0.2) is 0 Å². The fourth-order valence-corrected chi connectivity index (χ4v) is 3.23. The predicted octanol–water partition coefficient (Wildman–Crippen LogP) is 3.41. The molecule has 0 atom stereocenters. The number of piperidine rings is 1. The van der Waals surface area contributed by atoms with E-state index >= 15 is 0 Å². The quantitative estimate of drug-likeness (QED) is 0.867. The maximum absolute atomic E-state index is 4.90. The van der Waals surface area contributed by atoms with Gasteiger partial charge in [-0.2, -0.15) is 5.10 Å². The highest BCUT2D eigenvalue weighted by molar-refractivity contribution is 5.54. The van der Waals surface area contributed by atoms with Crippen molar-refractivity contribution in [1.29, 1.82) is 0 Å². The van der Waals surface area contributed by atoms with E-state index in [1.807, 2.05) is 10.9 Å². The van der Waals surface area contributed by atoms with E-state index in [1.165, 1.54) is 31.6 Å². The molecule has 118 valence electrons. The highest BCUT2D eigenvalue weighted by Gasteiger charge is 2.18. The van der Waals surface area contributed by atoms with Crippen LogP contribution in [0, 0.1) is 5.92 Å². The van der Waals surface area contributed by atoms with E-state index in [2.05, 4.69) is 55.2 Å². The second kappa shape index (κ2) is 6.61. The molecule has 1 aliphatic rings. The molecule has 22 heavy (non-hydrogen) atoms. The van der Waals surface area contributed by atoms with Crippen LogP contribution in [0.5, 0.6) is 0 Å². The summed E-state index contributed by atoms with van der Waals surface area (Å²) in [6.45, 7) is 6.73. The van der Waals surface area contributed by atoms with Crippen molar-refractivity contribution in [3.8, 4) is 11.4 Å². The van der Waals surface area contributed by atoms with E-state index in [1.54, 1.807) is 0 Å². The average Bonchev–Trinajstić information content (AvgIpc) is 3.00. The van der Waals surface area contributed by atoms with Gasteiger partial charge in [0, 0.05) is 17.9 Å². The number of nitrogens with zero attached hydrogens (tertiary/aromatic N) is 4. The minimum Gasteiger partial charge on any atom is -0.306 e. The van der Waals surface area contributed by atoms with Crippen molar-refractivity contribution in [3.05, 3.63) is 36.2 Å². The third-order valence-electron chi connectivity index (χ3n) is 4.56. The van der Waals surface area contributed by atoms with Crippen LogP contribution >= 0.6 is 0 Å². The van der Waals surface area contributed by atoms with Crippen molar-refractivity contribution in [2.75, 3.05) is 20.1 Å². The summed E-state index contributed by atoms with van der Waals surface area (Å²) in [5.41, 5.74) is 3.36. The van der Waals surface area contributed by atoms with Crippen LogP contribution in [0.1, 0.15) is 38.4 Å². The van der Waals surface area contributed by atoms with Gasteiger partial charge in [0.15, 0.2) is 0 Å². The molecule has 0 aromatic carbocycles. The van der Waals surface area contributed by atoms with Gasteiger partial charge in [-0.15, -0.1) is 0 Å². The highest BCUT2D eigenvalue weighted by Crippen LogP contribution is 2.23. The van der Waals surface area contributed by atoms with Crippen LogP contribution in [0.25, 0.3) is 11.4 Å². The Morgan fingerprint density at radius 3 is 2.68 bits per heavy atom. The first-order valence-corrected chi connectivity index (χ1v) is 8.32. The number of pyridine rings is 1. The van der Waals surface area contributed by atoms with Gasteiger partial charge in [-0.3, -0.25) is 9.67 Å². The molecule has 0 radical (unpaired) electrons. The molecule has 0 aliphatic carbocycles. The third-order valence-corrected chi connectivity index (χ3v) is 4.56. The van der Waals surface area contributed by atoms with Gasteiger partial charge in [0.1, 0.15) is 0 Å². The summed E-state index contributed by atoms with van der Waals surface area (Å²) in [6, 6.07) is 8.79. The van der Waals surface area contributed by atoms with E-state index in [-0.39, 0.29) is 0 Å². The molecule has 1 fully saturated rings. The van der Waals surface area contributed by atoms with Crippen molar-refractivity contribution in [1.82, 2.24) is 19.7 Å². The van der Waals surface area contributed by atoms with Gasteiger partial charge in [0.2, 0.25) is 0 Å². The second-order valence-electron chi connectivity index (χ2n) is 6.72. The van der Waals surface area contributed by atoms with Crippen molar-refractivity contribution < 1.29 is 0 Å². The number of rotatable bonds is 4. The van der Waals surface area contributed by atoms with Crippen molar-refractivity contribution in [3.63, 3.8) is 0 Å². The zero-order valence-electron chi connectivity index (χ0n) is 13.9. The fourth-order valence-electron chi connectivity index (χ4n) is 3.23. The fraction of sp³-hybridized carbons (Fsp3) is 0.556. The first-order chi connectivity index (χ1) is 10.6. The van der Waals surface area contributed by atoms with Gasteiger partial charge < -0.3 is 4.90 Å². The van der Waals surface area contributed by atoms with Crippen LogP contribution in [0.3, 0.4) is 0 Å². The van der Waals surface area contributed by atoms with Gasteiger partial charge in [-0.1, -0.05) is 6.07 Å². The summed E-state index contributed by atoms with van der Waals surface area (Å²) in [5, 5.41) is 4.42. The molecule has 4 heteroatoms. The molecule has 0 amide bonds. The smallest absolute Gasteiger partial charge is 0.0886 e. The van der Waals surface area contributed by atoms with Gasteiger partial charge in [0.25, 0.3) is 0 Å². The predicted molar refractivity (Wildman–Crippen MR) is 89.8 cm³/mol. The maximum Gasteiger partial charge on any atom is 0.0886 e. The van der Waals surface area contributed by atoms with Crippen LogP contribution in [0.2, 0.25) is 0 Å². The standard InChI is InChI=1S/C18H26N4/c1-14(2)22-18(7-10-19-22)17-6-4-5-16(20-17)13-15-8-11-21(3)12-9-15/h4-7,10,14-15H,8-9,11-13H2,1-3H3. The Morgan fingerprint density at radius 1 is 1.18 bits per heavy atom. The Balaban J connectivity index is 1.76. The van der Waals surface area contributed by atoms with Gasteiger partial charge >= 0.3 is 0 Å². The zero-order valence-corrected chi connectivity index (χ0v) is 13.9. The number of hydrogen-bond donors (Lipinski definition) is 0. The molecule has 3 heterocycles. The Bertz CT molecular complexity index is 609. The molecule has 4 nitrogen and oxygen atoms in total. The molecule has 0 unspecified atom stereocenters. The lowest BCUT2D eigenvalue weighted by atomic mass is 9.92. The number of likely N-dealkylation sites (tertiary alicyclic amines) is 1. The number of hydrogen-bond acceptors (Lipinski definition) is 3. The molecule has 0 bridgehead atoms. The van der Waals surface area contributed by atoms with Crippen LogP contribution in [0.4, 0.5) is 0 Å². The molecule has 1 saturated heterocycles. The summed E-state index contributed by atoms with van der Waals surface area (Å²) >= 11 is 0. The van der Waals surface area contributed by atoms with Gasteiger partial charge in [-0.05, 0) is 77.4 Å². The molecule has 0 spiro atoms. The van der Waals surface area contributed by atoms with E-state index in [9.17, 15) is 0 Å². The molecule has 0 saturated carbocycles. The average molecular weight is 298 g/mol. The monoisotopic (exact) mass is 298 g/mol. The van der Waals surface area contributed by atoms with Crippen LogP contribution in [0.15, 0.2) is 30.5 Å². The largest absolute Gasteiger partial charge is 0.306 e. The maximum atomic E-state index is 4.90. The summed E-state index contributed by atoms with van der Waals surface area (Å²) in [4.78, 5) is 7.32. The second-order valence-corrected chi connectivity index (χ2v) is 6.72. The lowest BCUT2D eigenvalue weighted by Gasteiger charge is -2.28. The van der Waals surface area contributed by atoms with Crippen molar-refractivity contribution in [2.24, 2.45) is 5.92 Å². The molecular formula is C18H26N4. The molecule has 3 rings (SSSR count). The minimum atomic E-state index is 0.351. The van der Waals surface area contributed by atoms with Crippen LogP contribution < -0.4 is 0 Å². The van der Waals surface area contributed by atoms with E-state index < -0.39 is 0 Å². The summed E-state index contributed by atoms with van der Waals surface area (Å²) in [6.07, 6.45) is 5.52. The highest BCUT2D eigenvalue weighted by atomic mass is 15.3. The number of aromatic nitrogens is 3. The summed E-state index contributed by atoms with van der Waals surface area (Å²) < 4.78 is 2.04. The molecule has 2 aromatic heterocycles. The SMILES string of the molecule is CC(C)n1nccc1-c1cccc(CC2CCN(C)CC2)n1. The lowest BCUT2D eigenvalue weighted by Crippen LogP contribution is -2.31. The molecular weight excluding hydrogens is 272 g/mol. The normalized spacial score (nSPS) is 17.3. The van der Waals surface area contributed by atoms with Gasteiger partial charge in [0.05, 0.1) is 11.4 Å². The summed E-state index contributed by atoms with van der Waals surface area (Å²) in [7, 11) is 2.21. The molecule has 0 N–H and O–H groups in total. The Hall–Kier alpha value is -1.68. The Labute approximate surface area is 133 Å². The van der Waals surface area contributed by atoms with E-state index in [0.717, 1.165) is 23.7 Å². The van der Waals surface area contributed by atoms with Crippen molar-refractivity contribution >= 4 is 0 Å². The van der Waals surface area contributed by atoms with Crippen LogP contribution in [-0.4, -0.2) is 39.8 Å². The minimum absolute atomic E-state index is 0.351. The summed E-state index contributed by atoms with van der Waals surface area (Å²) in [5.74, 6) is 0.772. The topological polar surface area (TPSA) is 34.0 Å². The van der Waals surface area contributed by atoms with E-state index in [0.29, 0.717) is 6.04 Å². The third kappa shape index (κ3) is 3.38. The Kier molecular flexibility index (Phi) is 4.57. The van der Waals surface area contributed by atoms with E-state index in [4.69, 9.17) is 4.98 Å². The zero-order chi connectivity index (χ0) is 15.5. The lowest BCUT2D eigenvalue weighted by molar-refractivity contribution is 0.218. The molecule has 2 aromatic rings. The Morgan fingerprint density at radius 2 is 1.95 bits per heavy atom. The first kappa shape index (κ1) is 15.2. The van der Waals surface area contributed by atoms with Crippen molar-refractivity contribution in [2.45, 2.75) is 39.2 Å². The van der Waals surface area contributed by atoms with Crippen LogP contribution in [-0.2, 0) is 6.42 Å².